The van der Waals surface area contributed by atoms with Crippen LogP contribution in [0.5, 0.6) is 5.88 Å². The van der Waals surface area contributed by atoms with Crippen molar-refractivity contribution in [3.63, 3.8) is 0 Å². The summed E-state index contributed by atoms with van der Waals surface area (Å²) in [6, 6.07) is 7.77. The van der Waals surface area contributed by atoms with Crippen molar-refractivity contribution in [1.82, 2.24) is 9.97 Å². The van der Waals surface area contributed by atoms with Gasteiger partial charge in [0.1, 0.15) is 5.56 Å². The first kappa shape index (κ1) is 19.0. The summed E-state index contributed by atoms with van der Waals surface area (Å²) in [5, 5.41) is 0. The Balaban J connectivity index is 2.48. The lowest BCUT2D eigenvalue weighted by Crippen LogP contribution is -2.21. The third kappa shape index (κ3) is 4.61. The van der Waals surface area contributed by atoms with Gasteiger partial charge in [-0.05, 0) is 44.9 Å². The van der Waals surface area contributed by atoms with Crippen LogP contribution in [0, 0.1) is 0 Å². The molecule has 0 N–H and O–H groups in total. The van der Waals surface area contributed by atoms with E-state index < -0.39 is 23.7 Å². The first-order valence-electron chi connectivity index (χ1n) is 8.23. The summed E-state index contributed by atoms with van der Waals surface area (Å²) in [5.41, 5.74) is 0.988. The number of rotatable bonds is 6. The Kier molecular flexibility index (Phi) is 5.87. The van der Waals surface area contributed by atoms with Gasteiger partial charge in [0.05, 0.1) is 6.10 Å². The minimum Gasteiger partial charge on any atom is -0.474 e. The number of aryl methyl sites for hydroxylation is 1. The molecule has 25 heavy (non-hydrogen) atoms. The van der Waals surface area contributed by atoms with Crippen LogP contribution in [-0.2, 0) is 12.6 Å². The molecular weight excluding hydrogens is 331 g/mol. The maximum Gasteiger partial charge on any atom is 0.423 e. The standard InChI is InChI=1S/C18H22F3N3O/c1-5-13-8-7-9-14(10-13)24(6-2)17-22-11-15(18(19,20)21)16(23-17)25-12(3)4/h7-12H,5-6H2,1-4H3. The van der Waals surface area contributed by atoms with E-state index in [2.05, 4.69) is 9.97 Å². The zero-order valence-corrected chi connectivity index (χ0v) is 14.8. The zero-order valence-electron chi connectivity index (χ0n) is 14.8. The first-order chi connectivity index (χ1) is 11.8. The third-order valence-corrected chi connectivity index (χ3v) is 3.58. The van der Waals surface area contributed by atoms with Crippen molar-refractivity contribution in [2.45, 2.75) is 46.4 Å². The Morgan fingerprint density at radius 2 is 1.92 bits per heavy atom. The highest BCUT2D eigenvalue weighted by Crippen LogP contribution is 2.36. The summed E-state index contributed by atoms with van der Waals surface area (Å²) < 4.78 is 44.8. The minimum atomic E-state index is -4.57. The van der Waals surface area contributed by atoms with Crippen molar-refractivity contribution in [3.8, 4) is 5.88 Å². The predicted octanol–water partition coefficient (Wildman–Crippen LogP) is 5.00. The van der Waals surface area contributed by atoms with Crippen LogP contribution >= 0.6 is 0 Å². The Hall–Kier alpha value is -2.31. The normalized spacial score (nSPS) is 11.7. The SMILES string of the molecule is CCc1cccc(N(CC)c2ncc(C(F)(F)F)c(OC(C)C)n2)c1. The maximum atomic E-state index is 13.2. The topological polar surface area (TPSA) is 38.2 Å². The van der Waals surface area contributed by atoms with Crippen molar-refractivity contribution in [2.24, 2.45) is 0 Å². The van der Waals surface area contributed by atoms with E-state index in [1.165, 1.54) is 0 Å². The van der Waals surface area contributed by atoms with Gasteiger partial charge in [-0.2, -0.15) is 18.2 Å². The van der Waals surface area contributed by atoms with E-state index in [1.807, 2.05) is 38.1 Å². The number of ether oxygens (including phenoxy) is 1. The van der Waals surface area contributed by atoms with Crippen LogP contribution in [0.25, 0.3) is 0 Å². The Labute approximate surface area is 145 Å². The van der Waals surface area contributed by atoms with E-state index in [9.17, 15) is 13.2 Å². The van der Waals surface area contributed by atoms with E-state index in [-0.39, 0.29) is 5.95 Å². The molecule has 0 unspecified atom stereocenters. The fourth-order valence-corrected chi connectivity index (χ4v) is 2.38. The van der Waals surface area contributed by atoms with Gasteiger partial charge in [0.2, 0.25) is 11.8 Å². The molecule has 0 fully saturated rings. The number of aromatic nitrogens is 2. The number of alkyl halides is 3. The molecule has 2 rings (SSSR count). The molecule has 7 heteroatoms. The van der Waals surface area contributed by atoms with Gasteiger partial charge < -0.3 is 9.64 Å². The third-order valence-electron chi connectivity index (χ3n) is 3.58. The van der Waals surface area contributed by atoms with Crippen molar-refractivity contribution >= 4 is 11.6 Å². The lowest BCUT2D eigenvalue weighted by atomic mass is 10.1. The predicted molar refractivity (Wildman–Crippen MR) is 91.3 cm³/mol. The molecule has 1 aromatic heterocycles. The lowest BCUT2D eigenvalue weighted by molar-refractivity contribution is -0.139. The molecule has 0 aliphatic carbocycles. The van der Waals surface area contributed by atoms with Crippen LogP contribution in [0.4, 0.5) is 24.8 Å². The second-order valence-electron chi connectivity index (χ2n) is 5.82. The van der Waals surface area contributed by atoms with Crippen molar-refractivity contribution < 1.29 is 17.9 Å². The first-order valence-corrected chi connectivity index (χ1v) is 8.23. The summed E-state index contributed by atoms with van der Waals surface area (Å²) in [6.07, 6.45) is -3.35. The summed E-state index contributed by atoms with van der Waals surface area (Å²) in [6.45, 7) is 7.76. The van der Waals surface area contributed by atoms with Crippen LogP contribution < -0.4 is 9.64 Å². The van der Waals surface area contributed by atoms with E-state index >= 15 is 0 Å². The van der Waals surface area contributed by atoms with E-state index in [0.29, 0.717) is 6.54 Å². The number of halogens is 3. The summed E-state index contributed by atoms with van der Waals surface area (Å²) in [5.74, 6) is -0.267. The molecule has 1 heterocycles. The molecule has 136 valence electrons. The molecule has 0 atom stereocenters. The van der Waals surface area contributed by atoms with Gasteiger partial charge in [0.15, 0.2) is 0 Å². The molecular formula is C18H22F3N3O. The summed E-state index contributed by atoms with van der Waals surface area (Å²) in [7, 11) is 0. The van der Waals surface area contributed by atoms with E-state index in [1.54, 1.807) is 18.7 Å². The molecule has 0 radical (unpaired) electrons. The maximum absolute atomic E-state index is 13.2. The van der Waals surface area contributed by atoms with Crippen molar-refractivity contribution in [3.05, 3.63) is 41.6 Å². The van der Waals surface area contributed by atoms with Crippen LogP contribution in [0.15, 0.2) is 30.5 Å². The number of nitrogens with zero attached hydrogens (tertiary/aromatic N) is 3. The van der Waals surface area contributed by atoms with Gasteiger partial charge in [0, 0.05) is 18.4 Å². The zero-order chi connectivity index (χ0) is 18.6. The second kappa shape index (κ2) is 7.72. The number of hydrogen-bond acceptors (Lipinski definition) is 4. The van der Waals surface area contributed by atoms with Gasteiger partial charge in [-0.1, -0.05) is 19.1 Å². The van der Waals surface area contributed by atoms with Crippen molar-refractivity contribution in [1.29, 1.82) is 0 Å². The fourth-order valence-electron chi connectivity index (χ4n) is 2.38. The molecule has 0 saturated heterocycles. The monoisotopic (exact) mass is 353 g/mol. The van der Waals surface area contributed by atoms with Gasteiger partial charge in [0.25, 0.3) is 0 Å². The van der Waals surface area contributed by atoms with E-state index in [0.717, 1.165) is 23.9 Å². The van der Waals surface area contributed by atoms with Crippen LogP contribution in [0.2, 0.25) is 0 Å². The summed E-state index contributed by atoms with van der Waals surface area (Å²) >= 11 is 0. The highest BCUT2D eigenvalue weighted by Gasteiger charge is 2.37. The Bertz CT molecular complexity index is 717. The summed E-state index contributed by atoms with van der Waals surface area (Å²) in [4.78, 5) is 9.74. The van der Waals surface area contributed by atoms with Crippen LogP contribution in [0.3, 0.4) is 0 Å². The molecule has 0 spiro atoms. The van der Waals surface area contributed by atoms with Crippen molar-refractivity contribution in [2.75, 3.05) is 11.4 Å². The van der Waals surface area contributed by atoms with E-state index in [4.69, 9.17) is 4.74 Å². The van der Waals surface area contributed by atoms with Crippen LogP contribution in [0.1, 0.15) is 38.8 Å². The number of anilines is 2. The molecule has 0 amide bonds. The van der Waals surface area contributed by atoms with Gasteiger partial charge in [-0.25, -0.2) is 4.98 Å². The van der Waals surface area contributed by atoms with Gasteiger partial charge in [-0.15, -0.1) is 0 Å². The minimum absolute atomic E-state index is 0.180. The fraction of sp³-hybridized carbons (Fsp3) is 0.444. The molecule has 4 nitrogen and oxygen atoms in total. The highest BCUT2D eigenvalue weighted by molar-refractivity contribution is 5.58. The van der Waals surface area contributed by atoms with Crippen LogP contribution in [-0.4, -0.2) is 22.6 Å². The molecule has 1 aromatic carbocycles. The largest absolute Gasteiger partial charge is 0.474 e. The average Bonchev–Trinajstić information content (AvgIpc) is 2.54. The highest BCUT2D eigenvalue weighted by atomic mass is 19.4. The van der Waals surface area contributed by atoms with Gasteiger partial charge in [-0.3, -0.25) is 0 Å². The molecule has 0 bridgehead atoms. The Morgan fingerprint density at radius 1 is 1.20 bits per heavy atom. The quantitative estimate of drug-likeness (QED) is 0.732. The molecule has 0 saturated carbocycles. The molecule has 0 aliphatic heterocycles. The van der Waals surface area contributed by atoms with Gasteiger partial charge >= 0.3 is 6.18 Å². The Morgan fingerprint density at radius 3 is 2.48 bits per heavy atom. The number of hydrogen-bond donors (Lipinski definition) is 0. The molecule has 0 aliphatic rings. The smallest absolute Gasteiger partial charge is 0.423 e. The molecule has 2 aromatic rings. The lowest BCUT2D eigenvalue weighted by Gasteiger charge is -2.23. The number of benzene rings is 1. The average molecular weight is 353 g/mol. The second-order valence-corrected chi connectivity index (χ2v) is 5.82.